The Kier molecular flexibility index (Phi) is 5.30. The number of H-pyrrole nitrogens is 1. The van der Waals surface area contributed by atoms with E-state index in [1.54, 1.807) is 6.07 Å². The molecule has 0 atom stereocenters. The first kappa shape index (κ1) is 15.0. The summed E-state index contributed by atoms with van der Waals surface area (Å²) in [6.07, 6.45) is 0. The van der Waals surface area contributed by atoms with Gasteiger partial charge in [0.2, 0.25) is 0 Å². The molecule has 0 spiro atoms. The smallest absolute Gasteiger partial charge is 0.272 e. The van der Waals surface area contributed by atoms with Crippen LogP contribution in [0.15, 0.2) is 36.4 Å². The predicted octanol–water partition coefficient (Wildman–Crippen LogP) is 0.0717. The number of benzene rings is 1. The number of rotatable bonds is 7. The zero-order chi connectivity index (χ0) is 15.1. The van der Waals surface area contributed by atoms with Gasteiger partial charge in [-0.05, 0) is 18.2 Å². The maximum Gasteiger partial charge on any atom is 0.272 e. The van der Waals surface area contributed by atoms with E-state index in [2.05, 4.69) is 15.5 Å². The number of para-hydroxylation sites is 1. The first-order valence-electron chi connectivity index (χ1n) is 6.47. The van der Waals surface area contributed by atoms with Crippen molar-refractivity contribution in [1.29, 1.82) is 0 Å². The molecule has 0 radical (unpaired) electrons. The van der Waals surface area contributed by atoms with E-state index in [0.717, 1.165) is 5.75 Å². The molecule has 0 aliphatic rings. The Hall–Kier alpha value is -2.38. The van der Waals surface area contributed by atoms with Crippen molar-refractivity contribution in [3.05, 3.63) is 47.8 Å². The number of aliphatic hydroxyl groups is 2. The molecule has 1 heterocycles. The fraction of sp³-hybridized carbons (Fsp3) is 0.286. The van der Waals surface area contributed by atoms with Gasteiger partial charge in [-0.3, -0.25) is 9.89 Å². The molecule has 1 amide bonds. The predicted molar refractivity (Wildman–Crippen MR) is 74.8 cm³/mol. The Labute approximate surface area is 121 Å². The van der Waals surface area contributed by atoms with Gasteiger partial charge in [0, 0.05) is 0 Å². The van der Waals surface area contributed by atoms with Crippen molar-refractivity contribution in [2.24, 2.45) is 0 Å². The van der Waals surface area contributed by atoms with Gasteiger partial charge in [-0.15, -0.1) is 0 Å². The normalized spacial score (nSPS) is 10.6. The highest BCUT2D eigenvalue weighted by atomic mass is 16.5. The first-order valence-corrected chi connectivity index (χ1v) is 6.47. The highest BCUT2D eigenvalue weighted by molar-refractivity contribution is 5.92. The second-order valence-corrected chi connectivity index (χ2v) is 4.42. The number of carbonyl (C=O) groups excluding carboxylic acids is 1. The third kappa shape index (κ3) is 4.30. The van der Waals surface area contributed by atoms with E-state index in [4.69, 9.17) is 14.9 Å². The molecule has 0 aliphatic carbocycles. The molecule has 0 unspecified atom stereocenters. The van der Waals surface area contributed by atoms with E-state index < -0.39 is 11.9 Å². The topological polar surface area (TPSA) is 107 Å². The molecule has 4 N–H and O–H groups in total. The maximum absolute atomic E-state index is 11.8. The third-order valence-electron chi connectivity index (χ3n) is 2.78. The monoisotopic (exact) mass is 291 g/mol. The van der Waals surface area contributed by atoms with Gasteiger partial charge < -0.3 is 20.3 Å². The van der Waals surface area contributed by atoms with Crippen LogP contribution in [-0.4, -0.2) is 45.6 Å². The van der Waals surface area contributed by atoms with Crippen LogP contribution in [0.25, 0.3) is 0 Å². The molecule has 0 saturated carbocycles. The highest BCUT2D eigenvalue weighted by Crippen LogP contribution is 2.11. The van der Waals surface area contributed by atoms with Crippen molar-refractivity contribution < 1.29 is 19.7 Å². The molecule has 0 bridgehead atoms. The zero-order valence-corrected chi connectivity index (χ0v) is 11.3. The average Bonchev–Trinajstić information content (AvgIpc) is 3.00. The SMILES string of the molecule is O=C(NC(CO)CO)c1cc(COc2ccccc2)[nH]n1. The van der Waals surface area contributed by atoms with Crippen LogP contribution < -0.4 is 10.1 Å². The lowest BCUT2D eigenvalue weighted by atomic mass is 10.3. The average molecular weight is 291 g/mol. The minimum Gasteiger partial charge on any atom is -0.487 e. The molecule has 1 aromatic carbocycles. The third-order valence-corrected chi connectivity index (χ3v) is 2.78. The van der Waals surface area contributed by atoms with Crippen LogP contribution in [-0.2, 0) is 6.61 Å². The Morgan fingerprint density at radius 3 is 2.67 bits per heavy atom. The molecule has 21 heavy (non-hydrogen) atoms. The van der Waals surface area contributed by atoms with Crippen LogP contribution in [0.2, 0.25) is 0 Å². The summed E-state index contributed by atoms with van der Waals surface area (Å²) >= 11 is 0. The van der Waals surface area contributed by atoms with Gasteiger partial charge in [-0.25, -0.2) is 0 Å². The number of aliphatic hydroxyl groups excluding tert-OH is 2. The molecule has 0 saturated heterocycles. The van der Waals surface area contributed by atoms with Crippen molar-refractivity contribution in [2.75, 3.05) is 13.2 Å². The summed E-state index contributed by atoms with van der Waals surface area (Å²) in [7, 11) is 0. The number of aromatic amines is 1. The molecule has 1 aromatic heterocycles. The minimum absolute atomic E-state index is 0.175. The number of ether oxygens (including phenoxy) is 1. The van der Waals surface area contributed by atoms with Crippen LogP contribution in [0, 0.1) is 0 Å². The number of nitrogens with zero attached hydrogens (tertiary/aromatic N) is 1. The standard InChI is InChI=1S/C14H17N3O4/c18-7-11(8-19)15-14(20)13-6-10(16-17-13)9-21-12-4-2-1-3-5-12/h1-6,11,18-19H,7-9H2,(H,15,20)(H,16,17). The van der Waals surface area contributed by atoms with Crippen LogP contribution >= 0.6 is 0 Å². The van der Waals surface area contributed by atoms with Gasteiger partial charge in [0.1, 0.15) is 18.1 Å². The van der Waals surface area contributed by atoms with Crippen LogP contribution in [0.5, 0.6) is 5.75 Å². The van der Waals surface area contributed by atoms with Gasteiger partial charge in [-0.1, -0.05) is 18.2 Å². The first-order chi connectivity index (χ1) is 10.2. The summed E-state index contributed by atoms with van der Waals surface area (Å²) in [4.78, 5) is 11.8. The zero-order valence-electron chi connectivity index (χ0n) is 11.3. The molecular weight excluding hydrogens is 274 g/mol. The molecule has 0 aliphatic heterocycles. The van der Waals surface area contributed by atoms with Gasteiger partial charge >= 0.3 is 0 Å². The lowest BCUT2D eigenvalue weighted by molar-refractivity contribution is 0.0874. The fourth-order valence-corrected chi connectivity index (χ4v) is 1.64. The number of aromatic nitrogens is 2. The number of amides is 1. The van der Waals surface area contributed by atoms with E-state index in [0.29, 0.717) is 5.69 Å². The number of hydrogen-bond donors (Lipinski definition) is 4. The van der Waals surface area contributed by atoms with Crippen molar-refractivity contribution >= 4 is 5.91 Å². The Bertz CT molecular complexity index is 567. The van der Waals surface area contributed by atoms with Gasteiger partial charge in [0.05, 0.1) is 24.9 Å². The quantitative estimate of drug-likeness (QED) is 0.577. The fourth-order valence-electron chi connectivity index (χ4n) is 1.64. The summed E-state index contributed by atoms with van der Waals surface area (Å²) in [5.74, 6) is 0.254. The molecular formula is C14H17N3O4. The Morgan fingerprint density at radius 2 is 2.00 bits per heavy atom. The number of nitrogens with one attached hydrogen (secondary N) is 2. The van der Waals surface area contributed by atoms with Crippen LogP contribution in [0.3, 0.4) is 0 Å². The number of hydrogen-bond acceptors (Lipinski definition) is 5. The lowest BCUT2D eigenvalue weighted by Crippen LogP contribution is -2.40. The minimum atomic E-state index is -0.696. The van der Waals surface area contributed by atoms with E-state index in [1.165, 1.54) is 0 Å². The van der Waals surface area contributed by atoms with Crippen molar-refractivity contribution in [3.63, 3.8) is 0 Å². The second-order valence-electron chi connectivity index (χ2n) is 4.42. The second kappa shape index (κ2) is 7.41. The van der Waals surface area contributed by atoms with Crippen molar-refractivity contribution in [2.45, 2.75) is 12.6 Å². The van der Waals surface area contributed by atoms with Gasteiger partial charge in [0.25, 0.3) is 5.91 Å². The lowest BCUT2D eigenvalue weighted by Gasteiger charge is -2.11. The van der Waals surface area contributed by atoms with Crippen LogP contribution in [0.1, 0.15) is 16.2 Å². The largest absolute Gasteiger partial charge is 0.487 e. The van der Waals surface area contributed by atoms with Gasteiger partial charge in [0.15, 0.2) is 0 Å². The summed E-state index contributed by atoms with van der Waals surface area (Å²) in [6.45, 7) is -0.416. The molecule has 7 nitrogen and oxygen atoms in total. The Balaban J connectivity index is 1.90. The maximum atomic E-state index is 11.8. The van der Waals surface area contributed by atoms with E-state index in [1.807, 2.05) is 30.3 Å². The Morgan fingerprint density at radius 1 is 1.29 bits per heavy atom. The summed E-state index contributed by atoms with van der Waals surface area (Å²) in [6, 6.07) is 10.1. The summed E-state index contributed by atoms with van der Waals surface area (Å²) in [5.41, 5.74) is 0.821. The summed E-state index contributed by atoms with van der Waals surface area (Å²) < 4.78 is 5.53. The van der Waals surface area contributed by atoms with E-state index in [9.17, 15) is 4.79 Å². The molecule has 2 aromatic rings. The molecule has 0 fully saturated rings. The molecule has 2 rings (SSSR count). The van der Waals surface area contributed by atoms with E-state index in [-0.39, 0.29) is 25.5 Å². The molecule has 112 valence electrons. The van der Waals surface area contributed by atoms with Crippen molar-refractivity contribution in [1.82, 2.24) is 15.5 Å². The molecule has 7 heteroatoms. The van der Waals surface area contributed by atoms with Gasteiger partial charge in [-0.2, -0.15) is 5.10 Å². The van der Waals surface area contributed by atoms with Crippen molar-refractivity contribution in [3.8, 4) is 5.75 Å². The van der Waals surface area contributed by atoms with Crippen LogP contribution in [0.4, 0.5) is 0 Å². The number of carbonyl (C=O) groups is 1. The van der Waals surface area contributed by atoms with E-state index >= 15 is 0 Å². The summed E-state index contributed by atoms with van der Waals surface area (Å²) in [5, 5.41) is 26.9. The highest BCUT2D eigenvalue weighted by Gasteiger charge is 2.15.